The predicted molar refractivity (Wildman–Crippen MR) is 165 cm³/mol. The minimum atomic E-state index is -0.760. The molecule has 1 spiro atoms. The molecule has 0 bridgehead atoms. The highest BCUT2D eigenvalue weighted by Crippen LogP contribution is 2.52. The van der Waals surface area contributed by atoms with Gasteiger partial charge in [0.1, 0.15) is 12.6 Å². The number of nitrogens with one attached hydrogen (secondary N) is 1. The fourth-order valence-electron chi connectivity index (χ4n) is 6.75. The van der Waals surface area contributed by atoms with Crippen LogP contribution in [-0.2, 0) is 21.6 Å². The molecule has 2 aliphatic rings. The Hall–Kier alpha value is -4.13. The highest BCUT2D eigenvalue weighted by Gasteiger charge is 2.57. The van der Waals surface area contributed by atoms with Gasteiger partial charge in [-0.05, 0) is 82.7 Å². The zero-order valence-corrected chi connectivity index (χ0v) is 25.5. The second-order valence-corrected chi connectivity index (χ2v) is 12.8. The van der Waals surface area contributed by atoms with E-state index in [-0.39, 0.29) is 24.5 Å². The maximum absolute atomic E-state index is 14.5. The van der Waals surface area contributed by atoms with Crippen molar-refractivity contribution in [3.8, 4) is 0 Å². The van der Waals surface area contributed by atoms with Crippen molar-refractivity contribution in [3.63, 3.8) is 0 Å². The number of aryl methyl sites for hydroxylation is 3. The second-order valence-electron chi connectivity index (χ2n) is 12.8. The highest BCUT2D eigenvalue weighted by molar-refractivity contribution is 6.14. The van der Waals surface area contributed by atoms with Crippen molar-refractivity contribution >= 4 is 23.6 Å². The number of rotatable bonds is 4. The number of para-hydroxylation sites is 1. The third-order valence-corrected chi connectivity index (χ3v) is 8.46. The van der Waals surface area contributed by atoms with Crippen molar-refractivity contribution in [2.24, 2.45) is 0 Å². The third kappa shape index (κ3) is 5.52. The van der Waals surface area contributed by atoms with Crippen molar-refractivity contribution in [3.05, 3.63) is 100 Å². The fourth-order valence-corrected chi connectivity index (χ4v) is 6.75. The summed E-state index contributed by atoms with van der Waals surface area (Å²) in [6, 6.07) is 20.8. The number of amides is 3. The molecule has 220 valence electrons. The number of carbonyl (C=O) groups is 3. The monoisotopic (exact) mass is 567 g/mol. The molecule has 1 unspecified atom stereocenters. The number of hydrogen-bond donors (Lipinski definition) is 1. The van der Waals surface area contributed by atoms with E-state index in [2.05, 4.69) is 5.32 Å². The summed E-state index contributed by atoms with van der Waals surface area (Å²) in [5, 5.41) is 3.18. The first-order chi connectivity index (χ1) is 19.9. The van der Waals surface area contributed by atoms with Gasteiger partial charge in [-0.1, -0.05) is 66.2 Å². The molecule has 0 aromatic heterocycles. The molecule has 3 aromatic carbocycles. The minimum Gasteiger partial charge on any atom is -0.445 e. The molecule has 2 aliphatic heterocycles. The Bertz CT molecular complexity index is 1480. The molecule has 1 fully saturated rings. The average Bonchev–Trinajstić information content (AvgIpc) is 3.21. The van der Waals surface area contributed by atoms with Crippen LogP contribution in [0.25, 0.3) is 0 Å². The lowest BCUT2D eigenvalue weighted by atomic mass is 9.69. The van der Waals surface area contributed by atoms with Crippen LogP contribution in [0, 0.1) is 20.8 Å². The largest absolute Gasteiger partial charge is 0.445 e. The first-order valence-electron chi connectivity index (χ1n) is 14.7. The molecule has 1 saturated heterocycles. The number of fused-ring (bicyclic) bond motifs is 2. The zero-order valence-electron chi connectivity index (χ0n) is 25.5. The number of nitrogens with zero attached hydrogens (tertiary/aromatic N) is 2. The number of anilines is 1. The van der Waals surface area contributed by atoms with Gasteiger partial charge >= 0.3 is 6.09 Å². The van der Waals surface area contributed by atoms with E-state index in [1.165, 1.54) is 0 Å². The Balaban J connectivity index is 1.50. The number of likely N-dealkylation sites (tertiary alicyclic amines) is 1. The Kier molecular flexibility index (Phi) is 7.88. The van der Waals surface area contributed by atoms with Crippen molar-refractivity contribution in [2.75, 3.05) is 18.0 Å². The normalized spacial score (nSPS) is 17.6. The Morgan fingerprint density at radius 3 is 2.12 bits per heavy atom. The van der Waals surface area contributed by atoms with Crippen LogP contribution in [0.2, 0.25) is 0 Å². The molecule has 0 radical (unpaired) electrons. The second kappa shape index (κ2) is 11.3. The average molecular weight is 568 g/mol. The van der Waals surface area contributed by atoms with Gasteiger partial charge in [0.2, 0.25) is 5.91 Å². The molecule has 7 heteroatoms. The van der Waals surface area contributed by atoms with Crippen molar-refractivity contribution in [2.45, 2.75) is 78.0 Å². The topological polar surface area (TPSA) is 79.0 Å². The molecule has 3 aromatic rings. The van der Waals surface area contributed by atoms with E-state index in [1.807, 2.05) is 108 Å². The van der Waals surface area contributed by atoms with Crippen LogP contribution in [-0.4, -0.2) is 47.5 Å². The first kappa shape index (κ1) is 29.4. The van der Waals surface area contributed by atoms with Crippen LogP contribution in [0.5, 0.6) is 0 Å². The molecule has 7 nitrogen and oxygen atoms in total. The Morgan fingerprint density at radius 2 is 1.50 bits per heavy atom. The van der Waals surface area contributed by atoms with Crippen LogP contribution in [0.1, 0.15) is 71.8 Å². The number of piperidine rings is 1. The van der Waals surface area contributed by atoms with Crippen LogP contribution in [0.3, 0.4) is 0 Å². The molecule has 42 heavy (non-hydrogen) atoms. The molecule has 5 rings (SSSR count). The number of hydrogen-bond acceptors (Lipinski definition) is 4. The van der Waals surface area contributed by atoms with E-state index in [0.29, 0.717) is 31.5 Å². The van der Waals surface area contributed by atoms with Gasteiger partial charge in [-0.25, -0.2) is 4.79 Å². The first-order valence-corrected chi connectivity index (χ1v) is 14.7. The van der Waals surface area contributed by atoms with Crippen molar-refractivity contribution < 1.29 is 19.1 Å². The van der Waals surface area contributed by atoms with E-state index in [4.69, 9.17) is 4.74 Å². The molecule has 0 saturated carbocycles. The molecular formula is C35H41N3O4. The summed E-state index contributed by atoms with van der Waals surface area (Å²) in [6.07, 6.45) is 0.694. The van der Waals surface area contributed by atoms with E-state index in [1.54, 1.807) is 9.80 Å². The lowest BCUT2D eigenvalue weighted by molar-refractivity contribution is -0.125. The van der Waals surface area contributed by atoms with Crippen LogP contribution in [0.15, 0.2) is 66.7 Å². The Labute approximate surface area is 248 Å². The highest BCUT2D eigenvalue weighted by atomic mass is 16.6. The third-order valence-electron chi connectivity index (χ3n) is 8.46. The van der Waals surface area contributed by atoms with Crippen LogP contribution in [0.4, 0.5) is 10.5 Å². The fraction of sp³-hybridized carbons (Fsp3) is 0.400. The summed E-state index contributed by atoms with van der Waals surface area (Å²) >= 11 is 0. The van der Waals surface area contributed by atoms with Crippen molar-refractivity contribution in [1.29, 1.82) is 0 Å². The number of benzene rings is 3. The molecule has 1 atom stereocenters. The maximum atomic E-state index is 14.5. The number of carbonyl (C=O) groups excluding carboxylic acids is 3. The lowest BCUT2D eigenvalue weighted by Gasteiger charge is -2.44. The van der Waals surface area contributed by atoms with Gasteiger partial charge in [-0.3, -0.25) is 14.5 Å². The van der Waals surface area contributed by atoms with Crippen molar-refractivity contribution in [1.82, 2.24) is 10.2 Å². The van der Waals surface area contributed by atoms with Gasteiger partial charge in [-0.2, -0.15) is 0 Å². The van der Waals surface area contributed by atoms with E-state index >= 15 is 0 Å². The van der Waals surface area contributed by atoms with Gasteiger partial charge in [0.15, 0.2) is 0 Å². The van der Waals surface area contributed by atoms with Gasteiger partial charge in [0, 0.05) is 35.3 Å². The lowest BCUT2D eigenvalue weighted by Crippen LogP contribution is -2.61. The molecule has 1 N–H and O–H groups in total. The quantitative estimate of drug-likeness (QED) is 0.406. The van der Waals surface area contributed by atoms with Gasteiger partial charge in [0.05, 0.1) is 0 Å². The summed E-state index contributed by atoms with van der Waals surface area (Å²) in [6.45, 7) is 12.8. The maximum Gasteiger partial charge on any atom is 0.410 e. The van der Waals surface area contributed by atoms with E-state index in [9.17, 15) is 14.4 Å². The summed E-state index contributed by atoms with van der Waals surface area (Å²) in [5.74, 6) is -0.359. The predicted octanol–water partition coefficient (Wildman–Crippen LogP) is 6.23. The van der Waals surface area contributed by atoms with Gasteiger partial charge in [-0.15, -0.1) is 0 Å². The minimum absolute atomic E-state index is 0.173. The molecule has 2 heterocycles. The SMILES string of the molecule is Cc1cc(C)c(C(=O)N2c3ccccc3C3(CCN(C(=O)OCc4ccccc4)CC3)C2C(=O)NC(C)(C)C)c(C)c1. The Morgan fingerprint density at radius 1 is 0.905 bits per heavy atom. The van der Waals surface area contributed by atoms with Gasteiger partial charge in [0.25, 0.3) is 5.91 Å². The van der Waals surface area contributed by atoms with Gasteiger partial charge < -0.3 is 15.0 Å². The summed E-state index contributed by atoms with van der Waals surface area (Å²) in [7, 11) is 0. The van der Waals surface area contributed by atoms with Crippen LogP contribution < -0.4 is 10.2 Å². The van der Waals surface area contributed by atoms with E-state index in [0.717, 1.165) is 33.5 Å². The molecule has 3 amide bonds. The standard InChI is InChI=1S/C35H41N3O4/c1-23-20-24(2)29(25(3)21-23)32(40)38-28-15-11-10-14-27(28)35(30(38)31(39)36-34(4,5)6)16-18-37(19-17-35)33(41)42-22-26-12-8-7-9-13-26/h7-15,20-21,30H,16-19,22H2,1-6H3,(H,36,39). The zero-order chi connectivity index (χ0) is 30.2. The molecular weight excluding hydrogens is 526 g/mol. The summed E-state index contributed by atoms with van der Waals surface area (Å²) in [5.41, 5.74) is 5.03. The molecule has 0 aliphatic carbocycles. The summed E-state index contributed by atoms with van der Waals surface area (Å²) in [4.78, 5) is 45.2. The van der Waals surface area contributed by atoms with E-state index < -0.39 is 17.0 Å². The summed E-state index contributed by atoms with van der Waals surface area (Å²) < 4.78 is 5.62. The smallest absolute Gasteiger partial charge is 0.410 e. The number of ether oxygens (including phenoxy) is 1. The van der Waals surface area contributed by atoms with Crippen LogP contribution >= 0.6 is 0 Å².